The lowest BCUT2D eigenvalue weighted by Gasteiger charge is -2.37. The Morgan fingerprint density at radius 1 is 1.30 bits per heavy atom. The van der Waals surface area contributed by atoms with Gasteiger partial charge in [0, 0.05) is 13.1 Å². The van der Waals surface area contributed by atoms with Gasteiger partial charge in [-0.3, -0.25) is 4.79 Å². The van der Waals surface area contributed by atoms with E-state index in [1.165, 1.54) is 5.56 Å². The van der Waals surface area contributed by atoms with Crippen LogP contribution in [0.15, 0.2) is 24.3 Å². The van der Waals surface area contributed by atoms with E-state index in [4.69, 9.17) is 5.73 Å². The van der Waals surface area contributed by atoms with E-state index in [9.17, 15) is 4.79 Å². The Kier molecular flexibility index (Phi) is 4.81. The molecule has 1 aliphatic rings. The van der Waals surface area contributed by atoms with Crippen molar-refractivity contribution >= 4 is 5.91 Å². The SMILES string of the molecule is Cc1ccc(CNC(=O)C2(CN)CCC(C)CC2)cc1. The van der Waals surface area contributed by atoms with Gasteiger partial charge in [-0.1, -0.05) is 36.8 Å². The zero-order valence-electron chi connectivity index (χ0n) is 12.6. The van der Waals surface area contributed by atoms with Gasteiger partial charge in [0.2, 0.25) is 5.91 Å². The fraction of sp³-hybridized carbons (Fsp3) is 0.588. The molecule has 0 spiro atoms. The summed E-state index contributed by atoms with van der Waals surface area (Å²) < 4.78 is 0. The Morgan fingerprint density at radius 2 is 1.90 bits per heavy atom. The third kappa shape index (κ3) is 3.40. The highest BCUT2D eigenvalue weighted by molar-refractivity contribution is 5.83. The maximum absolute atomic E-state index is 12.5. The molecule has 1 amide bonds. The summed E-state index contributed by atoms with van der Waals surface area (Å²) >= 11 is 0. The molecule has 1 aromatic rings. The van der Waals surface area contributed by atoms with Crippen LogP contribution in [0.2, 0.25) is 0 Å². The topological polar surface area (TPSA) is 55.1 Å². The number of nitrogens with two attached hydrogens (primary N) is 1. The molecule has 0 saturated heterocycles. The molecule has 0 atom stereocenters. The van der Waals surface area contributed by atoms with Gasteiger partial charge >= 0.3 is 0 Å². The number of aryl methyl sites for hydroxylation is 1. The molecule has 1 fully saturated rings. The highest BCUT2D eigenvalue weighted by atomic mass is 16.2. The molecule has 0 heterocycles. The molecular weight excluding hydrogens is 248 g/mol. The number of hydrogen-bond donors (Lipinski definition) is 2. The van der Waals surface area contributed by atoms with Crippen LogP contribution in [0, 0.1) is 18.3 Å². The minimum Gasteiger partial charge on any atom is -0.352 e. The van der Waals surface area contributed by atoms with E-state index < -0.39 is 0 Å². The van der Waals surface area contributed by atoms with Crippen molar-refractivity contribution in [2.75, 3.05) is 6.54 Å². The Morgan fingerprint density at radius 3 is 2.45 bits per heavy atom. The first-order valence-electron chi connectivity index (χ1n) is 7.60. The number of benzene rings is 1. The third-order valence-corrected chi connectivity index (χ3v) is 4.68. The van der Waals surface area contributed by atoms with Crippen LogP contribution in [0.3, 0.4) is 0 Å². The maximum atomic E-state index is 12.5. The molecule has 3 heteroatoms. The van der Waals surface area contributed by atoms with E-state index in [0.717, 1.165) is 37.2 Å². The summed E-state index contributed by atoms with van der Waals surface area (Å²) in [7, 11) is 0. The van der Waals surface area contributed by atoms with E-state index in [-0.39, 0.29) is 11.3 Å². The Bertz CT molecular complexity index is 445. The number of nitrogens with one attached hydrogen (secondary N) is 1. The standard InChI is InChI=1S/C17H26N2O/c1-13-3-5-15(6-4-13)11-19-16(20)17(12-18)9-7-14(2)8-10-17/h3-6,14H,7-12,18H2,1-2H3,(H,19,20). The summed E-state index contributed by atoms with van der Waals surface area (Å²) in [6.45, 7) is 5.37. The summed E-state index contributed by atoms with van der Waals surface area (Å²) in [5.74, 6) is 0.854. The highest BCUT2D eigenvalue weighted by Crippen LogP contribution is 2.38. The molecule has 1 saturated carbocycles. The molecule has 3 nitrogen and oxygen atoms in total. The average molecular weight is 274 g/mol. The van der Waals surface area contributed by atoms with E-state index >= 15 is 0 Å². The van der Waals surface area contributed by atoms with Crippen molar-refractivity contribution in [1.82, 2.24) is 5.32 Å². The van der Waals surface area contributed by atoms with Gasteiger partial charge in [-0.25, -0.2) is 0 Å². The van der Waals surface area contributed by atoms with Crippen LogP contribution in [-0.4, -0.2) is 12.5 Å². The second-order valence-corrected chi connectivity index (χ2v) is 6.34. The number of rotatable bonds is 4. The molecule has 0 aliphatic heterocycles. The minimum atomic E-state index is -0.336. The van der Waals surface area contributed by atoms with Crippen LogP contribution in [0.25, 0.3) is 0 Å². The monoisotopic (exact) mass is 274 g/mol. The number of carbonyl (C=O) groups excluding carboxylic acids is 1. The van der Waals surface area contributed by atoms with Crippen molar-refractivity contribution in [3.05, 3.63) is 35.4 Å². The van der Waals surface area contributed by atoms with Gasteiger partial charge in [-0.15, -0.1) is 0 Å². The Hall–Kier alpha value is -1.35. The fourth-order valence-electron chi connectivity index (χ4n) is 2.91. The van der Waals surface area contributed by atoms with E-state index in [1.807, 2.05) is 0 Å². The van der Waals surface area contributed by atoms with Crippen LogP contribution in [0.4, 0.5) is 0 Å². The van der Waals surface area contributed by atoms with E-state index in [2.05, 4.69) is 43.4 Å². The predicted octanol–water partition coefficient (Wildman–Crippen LogP) is 2.77. The fourth-order valence-corrected chi connectivity index (χ4v) is 2.91. The smallest absolute Gasteiger partial charge is 0.227 e. The summed E-state index contributed by atoms with van der Waals surface area (Å²) in [4.78, 5) is 12.5. The quantitative estimate of drug-likeness (QED) is 0.887. The van der Waals surface area contributed by atoms with Crippen LogP contribution in [0.5, 0.6) is 0 Å². The normalized spacial score (nSPS) is 26.2. The van der Waals surface area contributed by atoms with Gasteiger partial charge in [-0.2, -0.15) is 0 Å². The number of carbonyl (C=O) groups is 1. The largest absolute Gasteiger partial charge is 0.352 e. The second-order valence-electron chi connectivity index (χ2n) is 6.34. The van der Waals surface area contributed by atoms with E-state index in [0.29, 0.717) is 13.1 Å². The molecule has 0 radical (unpaired) electrons. The zero-order chi connectivity index (χ0) is 14.6. The first-order chi connectivity index (χ1) is 9.55. The second kappa shape index (κ2) is 6.40. The van der Waals surface area contributed by atoms with Crippen molar-refractivity contribution in [3.8, 4) is 0 Å². The maximum Gasteiger partial charge on any atom is 0.227 e. The molecule has 3 N–H and O–H groups in total. The van der Waals surface area contributed by atoms with Gasteiger partial charge < -0.3 is 11.1 Å². The summed E-state index contributed by atoms with van der Waals surface area (Å²) in [5.41, 5.74) is 7.95. The Balaban J connectivity index is 1.94. The third-order valence-electron chi connectivity index (χ3n) is 4.68. The number of amides is 1. The molecule has 20 heavy (non-hydrogen) atoms. The lowest BCUT2D eigenvalue weighted by atomic mass is 9.70. The summed E-state index contributed by atoms with van der Waals surface area (Å²) in [6, 6.07) is 8.27. The van der Waals surface area contributed by atoms with Gasteiger partial charge in [0.1, 0.15) is 0 Å². The Labute approximate surface area is 121 Å². The number of hydrogen-bond acceptors (Lipinski definition) is 2. The highest BCUT2D eigenvalue weighted by Gasteiger charge is 2.39. The molecule has 2 rings (SSSR count). The van der Waals surface area contributed by atoms with Crippen molar-refractivity contribution in [1.29, 1.82) is 0 Å². The molecule has 110 valence electrons. The first-order valence-corrected chi connectivity index (χ1v) is 7.60. The minimum absolute atomic E-state index is 0.132. The van der Waals surface area contributed by atoms with Gasteiger partial charge in [0.05, 0.1) is 5.41 Å². The average Bonchev–Trinajstić information content (AvgIpc) is 2.47. The summed E-state index contributed by atoms with van der Waals surface area (Å²) in [6.07, 6.45) is 4.05. The molecule has 1 aliphatic carbocycles. The first kappa shape index (κ1) is 15.0. The predicted molar refractivity (Wildman–Crippen MR) is 82.1 cm³/mol. The van der Waals surface area contributed by atoms with Gasteiger partial charge in [0.25, 0.3) is 0 Å². The van der Waals surface area contributed by atoms with Crippen molar-refractivity contribution < 1.29 is 4.79 Å². The molecular formula is C17H26N2O. The lowest BCUT2D eigenvalue weighted by Crippen LogP contribution is -2.47. The molecule has 0 aromatic heterocycles. The van der Waals surface area contributed by atoms with Crippen molar-refractivity contribution in [3.63, 3.8) is 0 Å². The zero-order valence-corrected chi connectivity index (χ0v) is 12.6. The summed E-state index contributed by atoms with van der Waals surface area (Å²) in [5, 5.41) is 3.08. The molecule has 1 aromatic carbocycles. The lowest BCUT2D eigenvalue weighted by molar-refractivity contribution is -0.133. The molecule has 0 unspecified atom stereocenters. The molecule has 0 bridgehead atoms. The van der Waals surface area contributed by atoms with E-state index in [1.54, 1.807) is 0 Å². The van der Waals surface area contributed by atoms with Crippen LogP contribution in [-0.2, 0) is 11.3 Å². The van der Waals surface area contributed by atoms with Crippen molar-refractivity contribution in [2.24, 2.45) is 17.1 Å². The van der Waals surface area contributed by atoms with Crippen LogP contribution in [0.1, 0.15) is 43.7 Å². The van der Waals surface area contributed by atoms with Crippen LogP contribution >= 0.6 is 0 Å². The van der Waals surface area contributed by atoms with Crippen LogP contribution < -0.4 is 11.1 Å². The van der Waals surface area contributed by atoms with Gasteiger partial charge in [-0.05, 0) is 44.1 Å². The van der Waals surface area contributed by atoms with Gasteiger partial charge in [0.15, 0.2) is 0 Å². The van der Waals surface area contributed by atoms with Crippen molar-refractivity contribution in [2.45, 2.75) is 46.1 Å².